The first-order valence-corrected chi connectivity index (χ1v) is 4.59. The summed E-state index contributed by atoms with van der Waals surface area (Å²) in [5.74, 6) is 5.65. The molecule has 0 bridgehead atoms. The monoisotopic (exact) mass is 213 g/mol. The molecule has 0 fully saturated rings. The molecule has 13 heavy (non-hydrogen) atoms. The van der Waals surface area contributed by atoms with Crippen molar-refractivity contribution < 1.29 is 0 Å². The lowest BCUT2D eigenvalue weighted by molar-refractivity contribution is 1.38. The predicted octanol–water partition coefficient (Wildman–Crippen LogP) is 3.43. The minimum atomic E-state index is 0.556. The molecule has 0 aliphatic carbocycles. The van der Waals surface area contributed by atoms with Gasteiger partial charge in [0.1, 0.15) is 0 Å². The van der Waals surface area contributed by atoms with Crippen LogP contribution in [-0.2, 0) is 0 Å². The number of nitrogens with one attached hydrogen (secondary N) is 1. The van der Waals surface area contributed by atoms with Gasteiger partial charge < -0.3 is 5.32 Å². The second-order valence-electron chi connectivity index (χ2n) is 2.38. The van der Waals surface area contributed by atoms with Crippen molar-refractivity contribution in [2.24, 2.45) is 0 Å². The quantitative estimate of drug-likeness (QED) is 0.743. The van der Waals surface area contributed by atoms with Crippen LogP contribution in [0.2, 0.25) is 10.0 Å². The average Bonchev–Trinajstić information content (AvgIpc) is 2.10. The summed E-state index contributed by atoms with van der Waals surface area (Å²) in [6.45, 7) is 2.34. The highest BCUT2D eigenvalue weighted by Crippen LogP contribution is 2.29. The van der Waals surface area contributed by atoms with Crippen LogP contribution in [0, 0.1) is 11.8 Å². The Labute approximate surface area is 88.0 Å². The summed E-state index contributed by atoms with van der Waals surface area (Å²) in [6, 6.07) is 5.38. The van der Waals surface area contributed by atoms with Crippen molar-refractivity contribution >= 4 is 28.9 Å². The van der Waals surface area contributed by atoms with Crippen LogP contribution >= 0.6 is 23.2 Å². The number of halogens is 2. The maximum atomic E-state index is 5.91. The van der Waals surface area contributed by atoms with Gasteiger partial charge in [0, 0.05) is 0 Å². The third-order valence-corrected chi connectivity index (χ3v) is 2.12. The Hall–Kier alpha value is -0.840. The topological polar surface area (TPSA) is 12.0 Å². The number of benzene rings is 1. The van der Waals surface area contributed by atoms with E-state index < -0.39 is 0 Å². The van der Waals surface area contributed by atoms with Gasteiger partial charge >= 0.3 is 0 Å². The molecule has 0 saturated carbocycles. The third-order valence-electron chi connectivity index (χ3n) is 1.49. The molecule has 0 heterocycles. The Balaban J connectivity index is 2.79. The fourth-order valence-corrected chi connectivity index (χ4v) is 1.42. The smallest absolute Gasteiger partial charge is 0.0766 e. The number of anilines is 1. The van der Waals surface area contributed by atoms with E-state index in [-0.39, 0.29) is 0 Å². The van der Waals surface area contributed by atoms with E-state index in [9.17, 15) is 0 Å². The molecule has 0 spiro atoms. The average molecular weight is 214 g/mol. The number of hydrogen-bond donors (Lipinski definition) is 1. The minimum Gasteiger partial charge on any atom is -0.372 e. The molecule has 0 unspecified atom stereocenters. The lowest BCUT2D eigenvalue weighted by atomic mass is 10.3. The fourth-order valence-electron chi connectivity index (χ4n) is 0.888. The zero-order valence-electron chi connectivity index (χ0n) is 7.20. The molecule has 1 N–H and O–H groups in total. The van der Waals surface area contributed by atoms with Gasteiger partial charge in [-0.25, -0.2) is 0 Å². The first-order valence-electron chi connectivity index (χ1n) is 3.83. The Morgan fingerprint density at radius 1 is 1.31 bits per heavy atom. The lowest BCUT2D eigenvalue weighted by Gasteiger charge is -2.06. The van der Waals surface area contributed by atoms with Gasteiger partial charge in [-0.1, -0.05) is 35.2 Å². The Kier molecular flexibility index (Phi) is 3.95. The molecule has 0 aliphatic heterocycles. The van der Waals surface area contributed by atoms with Gasteiger partial charge in [-0.2, -0.15) is 0 Å². The zero-order valence-corrected chi connectivity index (χ0v) is 8.71. The highest BCUT2D eigenvalue weighted by molar-refractivity contribution is 6.39. The van der Waals surface area contributed by atoms with Crippen LogP contribution < -0.4 is 5.32 Å². The van der Waals surface area contributed by atoms with Crippen LogP contribution in [0.25, 0.3) is 0 Å². The summed E-state index contributed by atoms with van der Waals surface area (Å²) in [4.78, 5) is 0. The Morgan fingerprint density at radius 3 is 2.46 bits per heavy atom. The van der Waals surface area contributed by atoms with Crippen LogP contribution in [0.4, 0.5) is 5.69 Å². The minimum absolute atomic E-state index is 0.556. The molecular weight excluding hydrogens is 205 g/mol. The molecule has 1 nitrogen and oxygen atoms in total. The van der Waals surface area contributed by atoms with E-state index in [0.29, 0.717) is 16.6 Å². The van der Waals surface area contributed by atoms with Crippen LogP contribution in [0.15, 0.2) is 18.2 Å². The second-order valence-corrected chi connectivity index (χ2v) is 3.19. The van der Waals surface area contributed by atoms with Crippen molar-refractivity contribution in [2.45, 2.75) is 6.92 Å². The highest BCUT2D eigenvalue weighted by atomic mass is 35.5. The maximum absolute atomic E-state index is 5.91. The van der Waals surface area contributed by atoms with Crippen LogP contribution in [-0.4, -0.2) is 6.54 Å². The second kappa shape index (κ2) is 5.01. The molecule has 0 radical (unpaired) electrons. The Morgan fingerprint density at radius 2 is 1.92 bits per heavy atom. The van der Waals surface area contributed by atoms with Crippen molar-refractivity contribution in [2.75, 3.05) is 11.9 Å². The van der Waals surface area contributed by atoms with E-state index in [0.717, 1.165) is 5.69 Å². The molecule has 0 saturated heterocycles. The first-order chi connectivity index (χ1) is 6.25. The summed E-state index contributed by atoms with van der Waals surface area (Å²) < 4.78 is 0. The largest absolute Gasteiger partial charge is 0.372 e. The number of hydrogen-bond acceptors (Lipinski definition) is 1. The SMILES string of the molecule is CC#CCNc1c(Cl)cccc1Cl. The normalized spacial score (nSPS) is 8.85. The van der Waals surface area contributed by atoms with Crippen LogP contribution in [0.1, 0.15) is 6.92 Å². The standard InChI is InChI=1S/C10H9Cl2N/c1-2-3-7-13-10-8(11)5-4-6-9(10)12/h4-6,13H,7H2,1H3. The van der Waals surface area contributed by atoms with E-state index in [1.54, 1.807) is 25.1 Å². The molecule has 3 heteroatoms. The van der Waals surface area contributed by atoms with E-state index in [2.05, 4.69) is 17.2 Å². The molecule has 0 atom stereocenters. The van der Waals surface area contributed by atoms with Crippen molar-refractivity contribution in [3.05, 3.63) is 28.2 Å². The van der Waals surface area contributed by atoms with E-state index in [1.165, 1.54) is 0 Å². The van der Waals surface area contributed by atoms with Crippen LogP contribution in [0.3, 0.4) is 0 Å². The van der Waals surface area contributed by atoms with Gasteiger partial charge in [0.15, 0.2) is 0 Å². The fraction of sp³-hybridized carbons (Fsp3) is 0.200. The van der Waals surface area contributed by atoms with E-state index >= 15 is 0 Å². The summed E-state index contributed by atoms with van der Waals surface area (Å²) in [5, 5.41) is 4.28. The van der Waals surface area contributed by atoms with Gasteiger partial charge in [0.25, 0.3) is 0 Å². The molecule has 68 valence electrons. The molecule has 1 aromatic carbocycles. The van der Waals surface area contributed by atoms with Gasteiger partial charge in [0.2, 0.25) is 0 Å². The summed E-state index contributed by atoms with van der Waals surface area (Å²) >= 11 is 11.8. The molecule has 1 aromatic rings. The van der Waals surface area contributed by atoms with Crippen LogP contribution in [0.5, 0.6) is 0 Å². The maximum Gasteiger partial charge on any atom is 0.0766 e. The molecule has 0 aromatic heterocycles. The summed E-state index contributed by atoms with van der Waals surface area (Å²) in [7, 11) is 0. The molecule has 0 aliphatic rings. The number of para-hydroxylation sites is 1. The number of rotatable bonds is 2. The van der Waals surface area contributed by atoms with Crippen molar-refractivity contribution in [1.82, 2.24) is 0 Å². The Bertz CT molecular complexity index is 329. The lowest BCUT2D eigenvalue weighted by Crippen LogP contribution is -1.99. The first kappa shape index (κ1) is 10.2. The zero-order chi connectivity index (χ0) is 9.68. The summed E-state index contributed by atoms with van der Waals surface area (Å²) in [6.07, 6.45) is 0. The molecular formula is C10H9Cl2N. The third kappa shape index (κ3) is 2.84. The van der Waals surface area contributed by atoms with Crippen molar-refractivity contribution in [3.63, 3.8) is 0 Å². The predicted molar refractivity (Wildman–Crippen MR) is 58.4 cm³/mol. The molecule has 0 amide bonds. The molecule has 1 rings (SSSR count). The van der Waals surface area contributed by atoms with Gasteiger partial charge in [0.05, 0.1) is 22.3 Å². The highest BCUT2D eigenvalue weighted by Gasteiger charge is 2.02. The summed E-state index contributed by atoms with van der Waals surface area (Å²) in [5.41, 5.74) is 0.744. The van der Waals surface area contributed by atoms with E-state index in [4.69, 9.17) is 23.2 Å². The van der Waals surface area contributed by atoms with Gasteiger partial charge in [-0.15, -0.1) is 5.92 Å². The van der Waals surface area contributed by atoms with Crippen molar-refractivity contribution in [1.29, 1.82) is 0 Å². The van der Waals surface area contributed by atoms with Crippen molar-refractivity contribution in [3.8, 4) is 11.8 Å². The van der Waals surface area contributed by atoms with Gasteiger partial charge in [-0.3, -0.25) is 0 Å². The van der Waals surface area contributed by atoms with Gasteiger partial charge in [-0.05, 0) is 19.1 Å². The van der Waals surface area contributed by atoms with E-state index in [1.807, 2.05) is 0 Å².